The van der Waals surface area contributed by atoms with Crippen molar-refractivity contribution < 1.29 is 4.74 Å². The van der Waals surface area contributed by atoms with Gasteiger partial charge in [-0.15, -0.1) is 0 Å². The number of methoxy groups -OCH3 is 1. The van der Waals surface area contributed by atoms with Gasteiger partial charge in [0.1, 0.15) is 0 Å². The number of likely N-dealkylation sites (tertiary alicyclic amines) is 1. The molecule has 0 aromatic heterocycles. The van der Waals surface area contributed by atoms with Gasteiger partial charge in [-0.05, 0) is 32.2 Å². The van der Waals surface area contributed by atoms with E-state index in [0.29, 0.717) is 12.0 Å². The molecule has 96 valence electrons. The molecule has 1 heterocycles. The Kier molecular flexibility index (Phi) is 6.32. The fourth-order valence-corrected chi connectivity index (χ4v) is 2.39. The lowest BCUT2D eigenvalue weighted by molar-refractivity contribution is 0.144. The highest BCUT2D eigenvalue weighted by molar-refractivity contribution is 4.77. The van der Waals surface area contributed by atoms with Gasteiger partial charge >= 0.3 is 0 Å². The van der Waals surface area contributed by atoms with Gasteiger partial charge in [0, 0.05) is 32.3 Å². The molecule has 0 amide bonds. The maximum absolute atomic E-state index is 5.23. The van der Waals surface area contributed by atoms with Crippen molar-refractivity contribution in [3.05, 3.63) is 0 Å². The summed E-state index contributed by atoms with van der Waals surface area (Å²) in [5.74, 6) is 0.635. The number of ether oxygens (including phenoxy) is 1. The van der Waals surface area contributed by atoms with Crippen LogP contribution in [-0.4, -0.2) is 50.3 Å². The van der Waals surface area contributed by atoms with Crippen LogP contribution < -0.4 is 5.32 Å². The summed E-state index contributed by atoms with van der Waals surface area (Å²) in [6.45, 7) is 11.2. The van der Waals surface area contributed by atoms with Gasteiger partial charge in [-0.25, -0.2) is 0 Å². The van der Waals surface area contributed by atoms with E-state index in [1.54, 1.807) is 7.11 Å². The lowest BCUT2D eigenvalue weighted by atomic mass is 10.1. The molecule has 3 heteroatoms. The number of nitrogens with zero attached hydrogens (tertiary/aromatic N) is 1. The molecule has 3 nitrogen and oxygen atoms in total. The number of rotatable bonds is 7. The molecule has 0 saturated carbocycles. The molecule has 1 aliphatic heterocycles. The SMILES string of the molecule is COCC(NCCN1CCCC1C)C(C)C. The van der Waals surface area contributed by atoms with Crippen LogP contribution in [0.2, 0.25) is 0 Å². The Labute approximate surface area is 101 Å². The molecule has 0 aromatic carbocycles. The third-order valence-corrected chi connectivity index (χ3v) is 3.65. The van der Waals surface area contributed by atoms with Gasteiger partial charge in [-0.1, -0.05) is 13.8 Å². The molecule has 2 atom stereocenters. The monoisotopic (exact) mass is 228 g/mol. The largest absolute Gasteiger partial charge is 0.383 e. The summed E-state index contributed by atoms with van der Waals surface area (Å²) in [6.07, 6.45) is 2.73. The molecule has 0 aliphatic carbocycles. The zero-order valence-corrected chi connectivity index (χ0v) is 11.3. The molecular formula is C13H28N2O. The van der Waals surface area contributed by atoms with Crippen LogP contribution in [0.1, 0.15) is 33.6 Å². The van der Waals surface area contributed by atoms with E-state index >= 15 is 0 Å². The Morgan fingerprint density at radius 2 is 2.19 bits per heavy atom. The molecule has 0 radical (unpaired) electrons. The van der Waals surface area contributed by atoms with Crippen molar-refractivity contribution in [2.75, 3.05) is 33.4 Å². The van der Waals surface area contributed by atoms with Crippen molar-refractivity contribution >= 4 is 0 Å². The van der Waals surface area contributed by atoms with Crippen LogP contribution in [0.5, 0.6) is 0 Å². The first-order valence-corrected chi connectivity index (χ1v) is 6.61. The first-order chi connectivity index (χ1) is 7.65. The molecule has 1 saturated heterocycles. The molecular weight excluding hydrogens is 200 g/mol. The number of hydrogen-bond acceptors (Lipinski definition) is 3. The van der Waals surface area contributed by atoms with Crippen molar-refractivity contribution in [3.8, 4) is 0 Å². The average molecular weight is 228 g/mol. The summed E-state index contributed by atoms with van der Waals surface area (Å²) < 4.78 is 5.23. The second-order valence-electron chi connectivity index (χ2n) is 5.29. The Bertz CT molecular complexity index is 185. The average Bonchev–Trinajstić information content (AvgIpc) is 2.63. The van der Waals surface area contributed by atoms with E-state index < -0.39 is 0 Å². The zero-order valence-electron chi connectivity index (χ0n) is 11.3. The van der Waals surface area contributed by atoms with Crippen LogP contribution in [0.15, 0.2) is 0 Å². The normalized spacial score (nSPS) is 24.2. The Balaban J connectivity index is 2.17. The summed E-state index contributed by atoms with van der Waals surface area (Å²) >= 11 is 0. The Morgan fingerprint density at radius 1 is 1.44 bits per heavy atom. The van der Waals surface area contributed by atoms with E-state index in [9.17, 15) is 0 Å². The minimum Gasteiger partial charge on any atom is -0.383 e. The third-order valence-electron chi connectivity index (χ3n) is 3.65. The molecule has 0 spiro atoms. The van der Waals surface area contributed by atoms with Gasteiger partial charge in [-0.2, -0.15) is 0 Å². The van der Waals surface area contributed by atoms with Crippen LogP contribution in [0.25, 0.3) is 0 Å². The summed E-state index contributed by atoms with van der Waals surface area (Å²) in [5.41, 5.74) is 0. The summed E-state index contributed by atoms with van der Waals surface area (Å²) in [6, 6.07) is 1.27. The van der Waals surface area contributed by atoms with Crippen LogP contribution in [0.4, 0.5) is 0 Å². The highest BCUT2D eigenvalue weighted by Gasteiger charge is 2.20. The predicted octanol–water partition coefficient (Wildman–Crippen LogP) is 1.73. The first-order valence-electron chi connectivity index (χ1n) is 6.61. The molecule has 1 fully saturated rings. The van der Waals surface area contributed by atoms with Gasteiger partial charge in [0.05, 0.1) is 6.61 Å². The number of hydrogen-bond donors (Lipinski definition) is 1. The Morgan fingerprint density at radius 3 is 2.69 bits per heavy atom. The van der Waals surface area contributed by atoms with Crippen molar-refractivity contribution in [3.63, 3.8) is 0 Å². The van der Waals surface area contributed by atoms with Crippen molar-refractivity contribution in [1.29, 1.82) is 0 Å². The fourth-order valence-electron chi connectivity index (χ4n) is 2.39. The Hall–Kier alpha value is -0.120. The van der Waals surface area contributed by atoms with E-state index in [2.05, 4.69) is 31.0 Å². The van der Waals surface area contributed by atoms with Crippen LogP contribution in [0.3, 0.4) is 0 Å². The van der Waals surface area contributed by atoms with Crippen LogP contribution in [0, 0.1) is 5.92 Å². The quantitative estimate of drug-likeness (QED) is 0.718. The minimum absolute atomic E-state index is 0.489. The summed E-state index contributed by atoms with van der Waals surface area (Å²) in [4.78, 5) is 2.58. The topological polar surface area (TPSA) is 24.5 Å². The molecule has 2 unspecified atom stereocenters. The van der Waals surface area contributed by atoms with E-state index in [1.165, 1.54) is 25.9 Å². The minimum atomic E-state index is 0.489. The predicted molar refractivity (Wildman–Crippen MR) is 68.8 cm³/mol. The van der Waals surface area contributed by atoms with E-state index in [4.69, 9.17) is 4.74 Å². The van der Waals surface area contributed by atoms with Crippen LogP contribution >= 0.6 is 0 Å². The second kappa shape index (κ2) is 7.25. The smallest absolute Gasteiger partial charge is 0.0618 e. The first kappa shape index (κ1) is 13.9. The maximum Gasteiger partial charge on any atom is 0.0618 e. The van der Waals surface area contributed by atoms with Gasteiger partial charge in [0.25, 0.3) is 0 Å². The molecule has 16 heavy (non-hydrogen) atoms. The lowest BCUT2D eigenvalue weighted by Crippen LogP contribution is -2.42. The van der Waals surface area contributed by atoms with E-state index in [1.807, 2.05) is 0 Å². The highest BCUT2D eigenvalue weighted by Crippen LogP contribution is 2.15. The molecule has 1 N–H and O–H groups in total. The molecule has 0 aromatic rings. The molecule has 1 rings (SSSR count). The maximum atomic E-state index is 5.23. The summed E-state index contributed by atoms with van der Waals surface area (Å²) in [5, 5.41) is 3.60. The van der Waals surface area contributed by atoms with Gasteiger partial charge < -0.3 is 10.1 Å². The third kappa shape index (κ3) is 4.40. The van der Waals surface area contributed by atoms with E-state index in [0.717, 1.165) is 19.2 Å². The zero-order chi connectivity index (χ0) is 12.0. The standard InChI is InChI=1S/C13H28N2O/c1-11(2)13(10-16-4)14-7-9-15-8-5-6-12(15)3/h11-14H,5-10H2,1-4H3. The van der Waals surface area contributed by atoms with Gasteiger partial charge in [-0.3, -0.25) is 4.90 Å². The van der Waals surface area contributed by atoms with E-state index in [-0.39, 0.29) is 0 Å². The van der Waals surface area contributed by atoms with Gasteiger partial charge in [0.2, 0.25) is 0 Å². The van der Waals surface area contributed by atoms with Crippen molar-refractivity contribution in [2.24, 2.45) is 5.92 Å². The van der Waals surface area contributed by atoms with Gasteiger partial charge in [0.15, 0.2) is 0 Å². The fraction of sp³-hybridized carbons (Fsp3) is 1.00. The molecule has 1 aliphatic rings. The second-order valence-corrected chi connectivity index (χ2v) is 5.29. The number of nitrogens with one attached hydrogen (secondary N) is 1. The van der Waals surface area contributed by atoms with Crippen molar-refractivity contribution in [2.45, 2.75) is 45.7 Å². The highest BCUT2D eigenvalue weighted by atomic mass is 16.5. The van der Waals surface area contributed by atoms with Crippen LogP contribution in [-0.2, 0) is 4.74 Å². The lowest BCUT2D eigenvalue weighted by Gasteiger charge is -2.25. The van der Waals surface area contributed by atoms with Crippen molar-refractivity contribution in [1.82, 2.24) is 10.2 Å². The molecule has 0 bridgehead atoms. The summed E-state index contributed by atoms with van der Waals surface area (Å²) in [7, 11) is 1.78.